The van der Waals surface area contributed by atoms with Crippen LogP contribution in [0.25, 0.3) is 0 Å². The van der Waals surface area contributed by atoms with Gasteiger partial charge in [-0.05, 0) is 24.0 Å². The molecule has 2 aromatic rings. The molecule has 0 unspecified atom stereocenters. The molecule has 2 aromatic carbocycles. The van der Waals surface area contributed by atoms with Gasteiger partial charge in [-0.1, -0.05) is 60.7 Å². The lowest BCUT2D eigenvalue weighted by atomic mass is 10.1. The van der Waals surface area contributed by atoms with Crippen molar-refractivity contribution < 1.29 is 9.59 Å². The van der Waals surface area contributed by atoms with Gasteiger partial charge < -0.3 is 0 Å². The molecule has 0 bridgehead atoms. The lowest BCUT2D eigenvalue weighted by Gasteiger charge is -2.38. The van der Waals surface area contributed by atoms with Crippen molar-refractivity contribution >= 4 is 11.8 Å². The number of hydrogen-bond donors (Lipinski definition) is 0. The quantitative estimate of drug-likeness (QED) is 0.868. The zero-order valence-electron chi connectivity index (χ0n) is 13.7. The van der Waals surface area contributed by atoms with Crippen LogP contribution in [0.5, 0.6) is 0 Å². The van der Waals surface area contributed by atoms with Crippen LogP contribution in [0.4, 0.5) is 0 Å². The van der Waals surface area contributed by atoms with Gasteiger partial charge in [0.2, 0.25) is 11.8 Å². The fourth-order valence-corrected chi connectivity index (χ4v) is 3.01. The highest BCUT2D eigenvalue weighted by Crippen LogP contribution is 2.15. The average Bonchev–Trinajstić information content (AvgIpc) is 2.63. The molecule has 4 nitrogen and oxygen atoms in total. The number of hydrogen-bond acceptors (Lipinski definition) is 2. The zero-order valence-corrected chi connectivity index (χ0v) is 13.7. The molecule has 1 saturated heterocycles. The monoisotopic (exact) mass is 322 g/mol. The number of rotatable bonds is 4. The summed E-state index contributed by atoms with van der Waals surface area (Å²) in [6, 6.07) is 19.4. The molecule has 124 valence electrons. The summed E-state index contributed by atoms with van der Waals surface area (Å²) in [4.78, 5) is 25.3. The Morgan fingerprint density at radius 2 is 1.04 bits per heavy atom. The number of hydrazine groups is 1. The molecule has 24 heavy (non-hydrogen) atoms. The van der Waals surface area contributed by atoms with Crippen LogP contribution in [0.1, 0.15) is 24.0 Å². The Balaban J connectivity index is 1.68. The molecule has 0 spiro atoms. The summed E-state index contributed by atoms with van der Waals surface area (Å²) < 4.78 is 0. The third kappa shape index (κ3) is 4.02. The van der Waals surface area contributed by atoms with Gasteiger partial charge in [-0.25, -0.2) is 0 Å². The lowest BCUT2D eigenvalue weighted by molar-refractivity contribution is -0.166. The topological polar surface area (TPSA) is 40.6 Å². The van der Waals surface area contributed by atoms with E-state index in [9.17, 15) is 9.59 Å². The Hall–Kier alpha value is -2.62. The van der Waals surface area contributed by atoms with Gasteiger partial charge in [-0.2, -0.15) is 0 Å². The Morgan fingerprint density at radius 3 is 1.42 bits per heavy atom. The van der Waals surface area contributed by atoms with Crippen molar-refractivity contribution in [2.75, 3.05) is 13.1 Å². The first-order chi connectivity index (χ1) is 11.7. The molecule has 3 rings (SSSR count). The highest BCUT2D eigenvalue weighted by molar-refractivity contribution is 5.84. The highest BCUT2D eigenvalue weighted by Gasteiger charge is 2.28. The predicted molar refractivity (Wildman–Crippen MR) is 93.0 cm³/mol. The van der Waals surface area contributed by atoms with Crippen LogP contribution >= 0.6 is 0 Å². The van der Waals surface area contributed by atoms with Gasteiger partial charge in [0.15, 0.2) is 0 Å². The Labute approximate surface area is 142 Å². The van der Waals surface area contributed by atoms with Crippen molar-refractivity contribution in [1.82, 2.24) is 10.0 Å². The van der Waals surface area contributed by atoms with E-state index in [4.69, 9.17) is 0 Å². The molecular weight excluding hydrogens is 300 g/mol. The molecule has 0 saturated carbocycles. The Bertz CT molecular complexity index is 624. The van der Waals surface area contributed by atoms with Gasteiger partial charge in [0.25, 0.3) is 0 Å². The van der Waals surface area contributed by atoms with Crippen LogP contribution in [0.3, 0.4) is 0 Å². The molecular formula is C20H22N2O2. The third-order valence-electron chi connectivity index (χ3n) is 4.25. The minimum atomic E-state index is -0.0117. The maximum atomic E-state index is 12.7. The summed E-state index contributed by atoms with van der Waals surface area (Å²) in [5, 5.41) is 3.28. The van der Waals surface area contributed by atoms with E-state index in [-0.39, 0.29) is 11.8 Å². The number of carbonyl (C=O) groups excluding carboxylic acids is 2. The summed E-state index contributed by atoms with van der Waals surface area (Å²) in [6.45, 7) is 1.23. The molecule has 0 atom stereocenters. The third-order valence-corrected chi connectivity index (χ3v) is 4.25. The summed E-state index contributed by atoms with van der Waals surface area (Å²) in [5.74, 6) is -0.0235. The normalized spacial score (nSPS) is 14.5. The number of carbonyl (C=O) groups is 2. The van der Waals surface area contributed by atoms with Crippen LogP contribution < -0.4 is 0 Å². The molecule has 4 heteroatoms. The minimum Gasteiger partial charge on any atom is -0.273 e. The minimum absolute atomic E-state index is 0.0117. The van der Waals surface area contributed by atoms with Crippen molar-refractivity contribution in [2.45, 2.75) is 25.7 Å². The molecule has 1 heterocycles. The SMILES string of the molecule is O=C(Cc1ccccc1)N1CCCCN1C(=O)Cc1ccccc1. The van der Waals surface area contributed by atoms with Crippen LogP contribution in [-0.2, 0) is 22.4 Å². The molecule has 1 aliphatic heterocycles. The summed E-state index contributed by atoms with van der Waals surface area (Å²) in [5.41, 5.74) is 1.95. The van der Waals surface area contributed by atoms with Crippen molar-refractivity contribution in [3.63, 3.8) is 0 Å². The second kappa shape index (κ2) is 7.77. The highest BCUT2D eigenvalue weighted by atomic mass is 16.2. The number of benzene rings is 2. The van der Waals surface area contributed by atoms with Gasteiger partial charge in [0.1, 0.15) is 0 Å². The summed E-state index contributed by atoms with van der Waals surface area (Å²) >= 11 is 0. The maximum absolute atomic E-state index is 12.7. The van der Waals surface area contributed by atoms with E-state index >= 15 is 0 Å². The van der Waals surface area contributed by atoms with Crippen molar-refractivity contribution in [3.05, 3.63) is 71.8 Å². The first-order valence-corrected chi connectivity index (χ1v) is 8.42. The van der Waals surface area contributed by atoms with Gasteiger partial charge >= 0.3 is 0 Å². The second-order valence-corrected chi connectivity index (χ2v) is 6.07. The van der Waals surface area contributed by atoms with Crippen LogP contribution in [0, 0.1) is 0 Å². The molecule has 0 radical (unpaired) electrons. The Kier molecular flexibility index (Phi) is 5.26. The Morgan fingerprint density at radius 1 is 0.667 bits per heavy atom. The number of nitrogens with zero attached hydrogens (tertiary/aromatic N) is 2. The standard InChI is InChI=1S/C20H22N2O2/c23-19(15-17-9-3-1-4-10-17)21-13-7-8-14-22(21)20(24)16-18-11-5-2-6-12-18/h1-6,9-12H,7-8,13-16H2. The molecule has 0 aliphatic carbocycles. The maximum Gasteiger partial charge on any atom is 0.245 e. The molecule has 2 amide bonds. The van der Waals surface area contributed by atoms with Crippen molar-refractivity contribution in [3.8, 4) is 0 Å². The largest absolute Gasteiger partial charge is 0.273 e. The smallest absolute Gasteiger partial charge is 0.245 e. The van der Waals surface area contributed by atoms with Crippen LogP contribution in [0.15, 0.2) is 60.7 Å². The molecule has 1 fully saturated rings. The van der Waals surface area contributed by atoms with Crippen molar-refractivity contribution in [1.29, 1.82) is 0 Å². The van der Waals surface area contributed by atoms with Crippen LogP contribution in [0.2, 0.25) is 0 Å². The van der Waals surface area contributed by atoms with Gasteiger partial charge in [0.05, 0.1) is 12.8 Å². The van der Waals surface area contributed by atoms with E-state index in [0.717, 1.165) is 24.0 Å². The van der Waals surface area contributed by atoms with Crippen molar-refractivity contribution in [2.24, 2.45) is 0 Å². The first kappa shape index (κ1) is 16.2. The van der Waals surface area contributed by atoms with E-state index < -0.39 is 0 Å². The van der Waals surface area contributed by atoms with Gasteiger partial charge in [0, 0.05) is 13.1 Å². The van der Waals surface area contributed by atoms with Gasteiger partial charge in [-0.15, -0.1) is 0 Å². The van der Waals surface area contributed by atoms with E-state index in [1.54, 1.807) is 10.0 Å². The predicted octanol–water partition coefficient (Wildman–Crippen LogP) is 2.84. The second-order valence-electron chi connectivity index (χ2n) is 6.07. The van der Waals surface area contributed by atoms with E-state index in [0.29, 0.717) is 25.9 Å². The van der Waals surface area contributed by atoms with Crippen LogP contribution in [-0.4, -0.2) is 34.9 Å². The molecule has 0 N–H and O–H groups in total. The lowest BCUT2D eigenvalue weighted by Crippen LogP contribution is -2.54. The summed E-state index contributed by atoms with van der Waals surface area (Å²) in [6.07, 6.45) is 2.54. The number of amides is 2. The summed E-state index contributed by atoms with van der Waals surface area (Å²) in [7, 11) is 0. The fourth-order valence-electron chi connectivity index (χ4n) is 3.01. The average molecular weight is 322 g/mol. The van der Waals surface area contributed by atoms with Gasteiger partial charge in [-0.3, -0.25) is 19.6 Å². The van der Waals surface area contributed by atoms with E-state index in [1.807, 2.05) is 60.7 Å². The zero-order chi connectivity index (χ0) is 16.8. The molecule has 0 aromatic heterocycles. The first-order valence-electron chi connectivity index (χ1n) is 8.42. The fraction of sp³-hybridized carbons (Fsp3) is 0.300. The van der Waals surface area contributed by atoms with E-state index in [1.165, 1.54) is 0 Å². The molecule has 1 aliphatic rings. The van der Waals surface area contributed by atoms with E-state index in [2.05, 4.69) is 0 Å².